The van der Waals surface area contributed by atoms with Gasteiger partial charge in [-0.1, -0.05) is 127 Å². The Kier molecular flexibility index (Phi) is 12.7. The zero-order chi connectivity index (χ0) is 34.4. The minimum absolute atomic E-state index is 0.200. The molecule has 0 N–H and O–H groups in total. The summed E-state index contributed by atoms with van der Waals surface area (Å²) in [5, 5.41) is 0. The summed E-state index contributed by atoms with van der Waals surface area (Å²) in [4.78, 5) is 0. The highest BCUT2D eigenvalue weighted by Gasteiger charge is 2.18. The molecule has 1 aliphatic rings. The van der Waals surface area contributed by atoms with Crippen molar-refractivity contribution in [3.8, 4) is 35.5 Å². The van der Waals surface area contributed by atoms with E-state index < -0.39 is 0 Å². The fourth-order valence-electron chi connectivity index (χ4n) is 5.78. The molecule has 1 saturated carbocycles. The second kappa shape index (κ2) is 17.7. The standard InChI is InChI=1S/C24H27F.C24H18/c1-18-3-7-20(8-4-18)11-12-22-14-16-23(24(25)17-22)15-13-21-9-5-19(2)6-10-21;1-19-3-7-21(8-4-19)11-13-23-15-17-24(18-16-23)14-12-22-9-5-20(2)6-10-22/h5-6,9-10,14,16-18,20H,3-4,7-8,11-12H2,1-2H3;3-10,15-18H,1-2H3. The molecule has 0 unspecified atom stereocenters. The molecule has 0 heterocycles. The second-order valence-electron chi connectivity index (χ2n) is 13.4. The largest absolute Gasteiger partial charge is 0.206 e. The minimum atomic E-state index is -0.200. The van der Waals surface area contributed by atoms with Gasteiger partial charge in [-0.05, 0) is 124 Å². The minimum Gasteiger partial charge on any atom is -0.206 e. The van der Waals surface area contributed by atoms with Crippen LogP contribution in [0, 0.1) is 73.9 Å². The fraction of sp³-hybridized carbons (Fsp3) is 0.250. The molecular weight excluding hydrogens is 596 g/mol. The van der Waals surface area contributed by atoms with Gasteiger partial charge in [0.15, 0.2) is 0 Å². The average Bonchev–Trinajstić information content (AvgIpc) is 3.12. The molecule has 244 valence electrons. The Balaban J connectivity index is 0.000000191. The summed E-state index contributed by atoms with van der Waals surface area (Å²) >= 11 is 0. The van der Waals surface area contributed by atoms with E-state index in [0.29, 0.717) is 5.56 Å². The summed E-state index contributed by atoms with van der Waals surface area (Å²) in [6.07, 6.45) is 7.54. The predicted octanol–water partition coefficient (Wildman–Crippen LogP) is 11.4. The van der Waals surface area contributed by atoms with Crippen molar-refractivity contribution in [2.45, 2.75) is 66.2 Å². The van der Waals surface area contributed by atoms with Gasteiger partial charge in [0.05, 0.1) is 5.56 Å². The molecule has 0 amide bonds. The molecule has 0 saturated heterocycles. The molecule has 49 heavy (non-hydrogen) atoms. The van der Waals surface area contributed by atoms with Crippen molar-refractivity contribution in [1.29, 1.82) is 0 Å². The van der Waals surface area contributed by atoms with Crippen LogP contribution in [0.2, 0.25) is 0 Å². The lowest BCUT2D eigenvalue weighted by Crippen LogP contribution is -2.12. The monoisotopic (exact) mass is 640 g/mol. The van der Waals surface area contributed by atoms with E-state index in [4.69, 9.17) is 0 Å². The van der Waals surface area contributed by atoms with Crippen LogP contribution in [0.15, 0.2) is 115 Å². The summed E-state index contributed by atoms with van der Waals surface area (Å²) in [6, 6.07) is 38.1. The summed E-state index contributed by atoms with van der Waals surface area (Å²) in [5.41, 5.74) is 10.2. The molecule has 5 aromatic rings. The van der Waals surface area contributed by atoms with Crippen LogP contribution in [0.4, 0.5) is 4.39 Å². The van der Waals surface area contributed by atoms with E-state index in [2.05, 4.69) is 80.6 Å². The first-order valence-electron chi connectivity index (χ1n) is 17.4. The van der Waals surface area contributed by atoms with Crippen molar-refractivity contribution in [2.24, 2.45) is 11.8 Å². The number of hydrogen-bond donors (Lipinski definition) is 0. The molecular formula is C48H45F. The SMILES string of the molecule is Cc1ccc(C#Cc2ccc(C#Cc3ccc(C)cc3)cc2)cc1.Cc1ccc(C#Cc2ccc(CCC3CCC(C)CC3)cc2F)cc1. The molecule has 0 aliphatic heterocycles. The van der Waals surface area contributed by atoms with E-state index in [1.807, 2.05) is 91.9 Å². The van der Waals surface area contributed by atoms with Gasteiger partial charge in [0.1, 0.15) is 5.82 Å². The van der Waals surface area contributed by atoms with Crippen LogP contribution in [0.5, 0.6) is 0 Å². The third-order valence-electron chi connectivity index (χ3n) is 9.09. The highest BCUT2D eigenvalue weighted by atomic mass is 19.1. The number of halogens is 1. The Labute approximate surface area is 293 Å². The first-order valence-corrected chi connectivity index (χ1v) is 17.4. The van der Waals surface area contributed by atoms with Gasteiger partial charge in [0.2, 0.25) is 0 Å². The summed E-state index contributed by atoms with van der Waals surface area (Å²) in [6.45, 7) is 8.55. The van der Waals surface area contributed by atoms with Crippen LogP contribution >= 0.6 is 0 Å². The van der Waals surface area contributed by atoms with Crippen LogP contribution in [0.25, 0.3) is 0 Å². The Bertz CT molecular complexity index is 1900. The van der Waals surface area contributed by atoms with Gasteiger partial charge in [-0.25, -0.2) is 4.39 Å². The summed E-state index contributed by atoms with van der Waals surface area (Å²) in [7, 11) is 0. The second-order valence-corrected chi connectivity index (χ2v) is 13.4. The molecule has 0 bridgehead atoms. The fourth-order valence-corrected chi connectivity index (χ4v) is 5.78. The van der Waals surface area contributed by atoms with Gasteiger partial charge in [-0.2, -0.15) is 0 Å². The lowest BCUT2D eigenvalue weighted by molar-refractivity contribution is 0.277. The van der Waals surface area contributed by atoms with E-state index in [-0.39, 0.29) is 5.82 Å². The van der Waals surface area contributed by atoms with Crippen molar-refractivity contribution in [3.63, 3.8) is 0 Å². The number of benzene rings is 5. The Morgan fingerprint density at radius 2 is 0.857 bits per heavy atom. The average molecular weight is 641 g/mol. The van der Waals surface area contributed by atoms with Crippen LogP contribution < -0.4 is 0 Å². The maximum absolute atomic E-state index is 14.3. The predicted molar refractivity (Wildman–Crippen MR) is 204 cm³/mol. The van der Waals surface area contributed by atoms with Gasteiger partial charge < -0.3 is 0 Å². The van der Waals surface area contributed by atoms with Crippen LogP contribution in [-0.2, 0) is 6.42 Å². The van der Waals surface area contributed by atoms with Crippen molar-refractivity contribution in [1.82, 2.24) is 0 Å². The highest BCUT2D eigenvalue weighted by molar-refractivity contribution is 5.48. The maximum atomic E-state index is 14.3. The van der Waals surface area contributed by atoms with Crippen LogP contribution in [0.3, 0.4) is 0 Å². The van der Waals surface area contributed by atoms with Crippen molar-refractivity contribution in [2.75, 3.05) is 0 Å². The van der Waals surface area contributed by atoms with Gasteiger partial charge >= 0.3 is 0 Å². The number of rotatable bonds is 3. The summed E-state index contributed by atoms with van der Waals surface area (Å²) in [5.74, 6) is 20.3. The normalized spacial score (nSPS) is 14.8. The molecule has 1 fully saturated rings. The first kappa shape index (κ1) is 35.0. The van der Waals surface area contributed by atoms with Crippen molar-refractivity contribution < 1.29 is 4.39 Å². The van der Waals surface area contributed by atoms with E-state index in [0.717, 1.165) is 51.6 Å². The smallest absolute Gasteiger partial charge is 0.139 e. The van der Waals surface area contributed by atoms with Crippen molar-refractivity contribution >= 4 is 0 Å². The van der Waals surface area contributed by atoms with Gasteiger partial charge in [0.25, 0.3) is 0 Å². The van der Waals surface area contributed by atoms with E-state index in [1.165, 1.54) is 48.8 Å². The summed E-state index contributed by atoms with van der Waals surface area (Å²) < 4.78 is 14.3. The molecule has 6 rings (SSSR count). The van der Waals surface area contributed by atoms with E-state index in [1.54, 1.807) is 6.07 Å². The van der Waals surface area contributed by atoms with E-state index in [9.17, 15) is 4.39 Å². The number of hydrogen-bond acceptors (Lipinski definition) is 0. The molecule has 0 atom stereocenters. The highest BCUT2D eigenvalue weighted by Crippen LogP contribution is 2.31. The Morgan fingerprint density at radius 3 is 1.24 bits per heavy atom. The molecule has 5 aromatic carbocycles. The first-order chi connectivity index (χ1) is 23.8. The third kappa shape index (κ3) is 11.7. The molecule has 1 heteroatoms. The Hall–Kier alpha value is -5.29. The van der Waals surface area contributed by atoms with Crippen molar-refractivity contribution in [3.05, 3.63) is 177 Å². The molecule has 0 spiro atoms. The van der Waals surface area contributed by atoms with Gasteiger partial charge in [-0.15, -0.1) is 0 Å². The van der Waals surface area contributed by atoms with Crippen LogP contribution in [0.1, 0.15) is 94.7 Å². The molecule has 0 radical (unpaired) electrons. The number of aryl methyl sites for hydroxylation is 4. The van der Waals surface area contributed by atoms with Crippen LogP contribution in [-0.4, -0.2) is 0 Å². The molecule has 0 nitrogen and oxygen atoms in total. The van der Waals surface area contributed by atoms with E-state index >= 15 is 0 Å². The van der Waals surface area contributed by atoms with Gasteiger partial charge in [0, 0.05) is 27.8 Å². The lowest BCUT2D eigenvalue weighted by atomic mass is 9.80. The molecule has 0 aromatic heterocycles. The Morgan fingerprint density at radius 1 is 0.490 bits per heavy atom. The third-order valence-corrected chi connectivity index (χ3v) is 9.09. The zero-order valence-corrected chi connectivity index (χ0v) is 29.2. The van der Waals surface area contributed by atoms with Gasteiger partial charge in [-0.3, -0.25) is 0 Å². The lowest BCUT2D eigenvalue weighted by Gasteiger charge is -2.26. The topological polar surface area (TPSA) is 0 Å². The maximum Gasteiger partial charge on any atom is 0.139 e. The quantitative estimate of drug-likeness (QED) is 0.172. The zero-order valence-electron chi connectivity index (χ0n) is 29.2. The molecule has 1 aliphatic carbocycles.